The molecule has 0 aliphatic carbocycles. The van der Waals surface area contributed by atoms with E-state index in [0.29, 0.717) is 6.04 Å². The van der Waals surface area contributed by atoms with Gasteiger partial charge in [0.15, 0.2) is 0 Å². The van der Waals surface area contributed by atoms with Crippen LogP contribution in [0, 0.1) is 0 Å². The second-order valence-corrected chi connectivity index (χ2v) is 4.52. The van der Waals surface area contributed by atoms with Gasteiger partial charge in [-0.3, -0.25) is 0 Å². The maximum atomic E-state index is 5.77. The third-order valence-electron chi connectivity index (χ3n) is 3.26. The summed E-state index contributed by atoms with van der Waals surface area (Å²) in [4.78, 5) is 0. The Kier molecular flexibility index (Phi) is 3.12. The van der Waals surface area contributed by atoms with E-state index >= 15 is 0 Å². The average molecular weight is 231 g/mol. The normalized spacial score (nSPS) is 17.6. The fourth-order valence-electron chi connectivity index (χ4n) is 2.27. The van der Waals surface area contributed by atoms with E-state index in [1.165, 1.54) is 5.39 Å². The summed E-state index contributed by atoms with van der Waals surface area (Å²) in [5.74, 6) is 1.01. The molecule has 1 aliphatic heterocycles. The largest absolute Gasteiger partial charge is 0.460 e. The van der Waals surface area contributed by atoms with Crippen molar-refractivity contribution < 1.29 is 9.15 Å². The van der Waals surface area contributed by atoms with Crippen molar-refractivity contribution >= 4 is 11.0 Å². The number of hydrogen-bond acceptors (Lipinski definition) is 3. The van der Waals surface area contributed by atoms with Crippen LogP contribution in [0.25, 0.3) is 11.0 Å². The van der Waals surface area contributed by atoms with Gasteiger partial charge in [-0.2, -0.15) is 0 Å². The summed E-state index contributed by atoms with van der Waals surface area (Å²) in [5, 5.41) is 4.70. The molecule has 0 saturated carbocycles. The van der Waals surface area contributed by atoms with Gasteiger partial charge in [-0.25, -0.2) is 0 Å². The molecular formula is C14H17NO2. The van der Waals surface area contributed by atoms with Gasteiger partial charge in [0.2, 0.25) is 0 Å². The first-order valence-electron chi connectivity index (χ1n) is 6.20. The van der Waals surface area contributed by atoms with Crippen molar-refractivity contribution in [2.24, 2.45) is 0 Å². The van der Waals surface area contributed by atoms with E-state index in [1.54, 1.807) is 0 Å². The van der Waals surface area contributed by atoms with Gasteiger partial charge in [0.25, 0.3) is 0 Å². The fraction of sp³-hybridized carbons (Fsp3) is 0.429. The van der Waals surface area contributed by atoms with Crippen LogP contribution in [0.1, 0.15) is 18.6 Å². The van der Waals surface area contributed by atoms with Crippen molar-refractivity contribution in [2.45, 2.75) is 25.4 Å². The van der Waals surface area contributed by atoms with Gasteiger partial charge in [-0.1, -0.05) is 18.2 Å². The zero-order valence-electron chi connectivity index (χ0n) is 9.82. The van der Waals surface area contributed by atoms with E-state index < -0.39 is 0 Å². The van der Waals surface area contributed by atoms with Gasteiger partial charge < -0.3 is 14.5 Å². The Balaban J connectivity index is 1.64. The average Bonchev–Trinajstić information content (AvgIpc) is 2.80. The van der Waals surface area contributed by atoms with Crippen LogP contribution < -0.4 is 5.32 Å². The molecule has 1 aromatic carbocycles. The smallest absolute Gasteiger partial charge is 0.134 e. The highest BCUT2D eigenvalue weighted by molar-refractivity contribution is 5.77. The third kappa shape index (κ3) is 2.51. The molecule has 17 heavy (non-hydrogen) atoms. The first-order valence-corrected chi connectivity index (χ1v) is 6.20. The maximum absolute atomic E-state index is 5.77. The van der Waals surface area contributed by atoms with Crippen LogP contribution >= 0.6 is 0 Å². The summed E-state index contributed by atoms with van der Waals surface area (Å²) in [6, 6.07) is 10.8. The second-order valence-electron chi connectivity index (χ2n) is 4.52. The lowest BCUT2D eigenvalue weighted by Gasteiger charge is -2.22. The quantitative estimate of drug-likeness (QED) is 0.882. The molecule has 0 radical (unpaired) electrons. The highest BCUT2D eigenvalue weighted by Crippen LogP contribution is 2.19. The molecule has 1 N–H and O–H groups in total. The van der Waals surface area contributed by atoms with Crippen LogP contribution in [-0.2, 0) is 11.3 Å². The lowest BCUT2D eigenvalue weighted by atomic mass is 10.1. The Bertz CT molecular complexity index is 453. The zero-order valence-corrected chi connectivity index (χ0v) is 9.82. The number of rotatable bonds is 3. The van der Waals surface area contributed by atoms with Crippen LogP contribution in [-0.4, -0.2) is 19.3 Å². The molecule has 2 aromatic rings. The minimum Gasteiger partial charge on any atom is -0.460 e. The van der Waals surface area contributed by atoms with Crippen molar-refractivity contribution in [3.63, 3.8) is 0 Å². The SMILES string of the molecule is c1ccc2oc(CNC3CCOCC3)cc2c1. The number of nitrogens with one attached hydrogen (secondary N) is 1. The topological polar surface area (TPSA) is 34.4 Å². The summed E-state index contributed by atoms with van der Waals surface area (Å²) in [6.45, 7) is 2.55. The molecule has 3 nitrogen and oxygen atoms in total. The molecular weight excluding hydrogens is 214 g/mol. The van der Waals surface area contributed by atoms with Crippen LogP contribution in [0.15, 0.2) is 34.7 Å². The molecule has 1 saturated heterocycles. The summed E-state index contributed by atoms with van der Waals surface area (Å²) in [5.41, 5.74) is 0.969. The first-order chi connectivity index (χ1) is 8.42. The van der Waals surface area contributed by atoms with Gasteiger partial charge in [-0.15, -0.1) is 0 Å². The maximum Gasteiger partial charge on any atom is 0.134 e. The summed E-state index contributed by atoms with van der Waals surface area (Å²) >= 11 is 0. The standard InChI is InChI=1S/C14H17NO2/c1-2-4-14-11(3-1)9-13(17-14)10-15-12-5-7-16-8-6-12/h1-4,9,12,15H,5-8,10H2. The Hall–Kier alpha value is -1.32. The van der Waals surface area contributed by atoms with Crippen molar-refractivity contribution in [2.75, 3.05) is 13.2 Å². The van der Waals surface area contributed by atoms with E-state index in [2.05, 4.69) is 17.4 Å². The Morgan fingerprint density at radius 3 is 2.82 bits per heavy atom. The van der Waals surface area contributed by atoms with Crippen molar-refractivity contribution in [3.05, 3.63) is 36.1 Å². The minimum absolute atomic E-state index is 0.567. The minimum atomic E-state index is 0.567. The Labute approximate surface area is 101 Å². The molecule has 0 unspecified atom stereocenters. The number of benzene rings is 1. The van der Waals surface area contributed by atoms with Crippen LogP contribution in [0.5, 0.6) is 0 Å². The van der Waals surface area contributed by atoms with Gasteiger partial charge in [0, 0.05) is 24.6 Å². The number of hydrogen-bond donors (Lipinski definition) is 1. The predicted molar refractivity (Wildman–Crippen MR) is 66.9 cm³/mol. The number of fused-ring (bicyclic) bond motifs is 1. The van der Waals surface area contributed by atoms with Crippen LogP contribution in [0.2, 0.25) is 0 Å². The molecule has 90 valence electrons. The lowest BCUT2D eigenvalue weighted by Crippen LogP contribution is -2.34. The Morgan fingerprint density at radius 1 is 1.18 bits per heavy atom. The molecule has 0 spiro atoms. The van der Waals surface area contributed by atoms with Gasteiger partial charge in [0.05, 0.1) is 6.54 Å². The van der Waals surface area contributed by atoms with E-state index in [4.69, 9.17) is 9.15 Å². The molecule has 0 atom stereocenters. The van der Waals surface area contributed by atoms with Gasteiger partial charge >= 0.3 is 0 Å². The van der Waals surface area contributed by atoms with Crippen LogP contribution in [0.3, 0.4) is 0 Å². The summed E-state index contributed by atoms with van der Waals surface area (Å²) in [7, 11) is 0. The van der Waals surface area contributed by atoms with Crippen molar-refractivity contribution in [1.82, 2.24) is 5.32 Å². The van der Waals surface area contributed by atoms with Crippen molar-refractivity contribution in [1.29, 1.82) is 0 Å². The molecule has 1 fully saturated rings. The number of ether oxygens (including phenoxy) is 1. The van der Waals surface area contributed by atoms with E-state index in [1.807, 2.05) is 18.2 Å². The van der Waals surface area contributed by atoms with E-state index in [9.17, 15) is 0 Å². The van der Waals surface area contributed by atoms with Crippen molar-refractivity contribution in [3.8, 4) is 0 Å². The number of furan rings is 1. The predicted octanol–water partition coefficient (Wildman–Crippen LogP) is 2.70. The number of para-hydroxylation sites is 1. The lowest BCUT2D eigenvalue weighted by molar-refractivity contribution is 0.0771. The van der Waals surface area contributed by atoms with E-state index in [0.717, 1.165) is 43.9 Å². The molecule has 0 amide bonds. The molecule has 2 heterocycles. The molecule has 1 aliphatic rings. The fourth-order valence-corrected chi connectivity index (χ4v) is 2.27. The molecule has 1 aromatic heterocycles. The van der Waals surface area contributed by atoms with Crippen LogP contribution in [0.4, 0.5) is 0 Å². The van der Waals surface area contributed by atoms with E-state index in [-0.39, 0.29) is 0 Å². The monoisotopic (exact) mass is 231 g/mol. The Morgan fingerprint density at radius 2 is 2.00 bits per heavy atom. The van der Waals surface area contributed by atoms with Gasteiger partial charge in [-0.05, 0) is 25.0 Å². The molecule has 3 rings (SSSR count). The molecule has 3 heteroatoms. The molecule has 0 bridgehead atoms. The second kappa shape index (κ2) is 4.90. The first kappa shape index (κ1) is 10.8. The summed E-state index contributed by atoms with van der Waals surface area (Å²) < 4.78 is 11.1. The highest BCUT2D eigenvalue weighted by Gasteiger charge is 2.13. The third-order valence-corrected chi connectivity index (χ3v) is 3.26. The summed E-state index contributed by atoms with van der Waals surface area (Å²) in [6.07, 6.45) is 2.19. The zero-order chi connectivity index (χ0) is 11.5. The van der Waals surface area contributed by atoms with Gasteiger partial charge in [0.1, 0.15) is 11.3 Å². The highest BCUT2D eigenvalue weighted by atomic mass is 16.5.